The van der Waals surface area contributed by atoms with Gasteiger partial charge in [-0.25, -0.2) is 0 Å². The summed E-state index contributed by atoms with van der Waals surface area (Å²) in [5.74, 6) is 2.83. The van der Waals surface area contributed by atoms with Gasteiger partial charge in [0.15, 0.2) is 5.82 Å². The van der Waals surface area contributed by atoms with Crippen LogP contribution in [0.4, 0.5) is 5.82 Å². The van der Waals surface area contributed by atoms with Crippen molar-refractivity contribution in [2.75, 3.05) is 31.1 Å². The summed E-state index contributed by atoms with van der Waals surface area (Å²) >= 11 is 6.20. The monoisotopic (exact) mass is 382 g/mol. The number of likely N-dealkylation sites (tertiary alicyclic amines) is 1. The van der Waals surface area contributed by atoms with E-state index in [-0.39, 0.29) is 5.91 Å². The SMILES string of the molecule is O=C(Cc1ccccc1Cl)N1CC2CN(c3ccc(C4CC4)nn3)CC2C1. The summed E-state index contributed by atoms with van der Waals surface area (Å²) in [5.41, 5.74) is 2.04. The molecule has 2 unspecified atom stereocenters. The number of anilines is 1. The smallest absolute Gasteiger partial charge is 0.227 e. The van der Waals surface area contributed by atoms with E-state index in [2.05, 4.69) is 27.2 Å². The molecule has 0 N–H and O–H groups in total. The minimum absolute atomic E-state index is 0.178. The molecule has 1 saturated carbocycles. The number of hydrogen-bond donors (Lipinski definition) is 0. The van der Waals surface area contributed by atoms with Gasteiger partial charge in [0.1, 0.15) is 0 Å². The Morgan fingerprint density at radius 3 is 2.37 bits per heavy atom. The fraction of sp³-hybridized carbons (Fsp3) is 0.476. The summed E-state index contributed by atoms with van der Waals surface area (Å²) in [5, 5.41) is 9.53. The molecule has 2 aliphatic heterocycles. The second-order valence-electron chi connectivity index (χ2n) is 8.08. The second kappa shape index (κ2) is 6.79. The predicted octanol–water partition coefficient (Wildman–Crippen LogP) is 3.14. The lowest BCUT2D eigenvalue weighted by Gasteiger charge is -2.22. The Labute approximate surface area is 164 Å². The first-order valence-corrected chi connectivity index (χ1v) is 10.1. The van der Waals surface area contributed by atoms with Crippen molar-refractivity contribution in [3.8, 4) is 0 Å². The first kappa shape index (κ1) is 17.0. The average molecular weight is 383 g/mol. The van der Waals surface area contributed by atoms with Gasteiger partial charge in [0.2, 0.25) is 5.91 Å². The van der Waals surface area contributed by atoms with Gasteiger partial charge >= 0.3 is 0 Å². The van der Waals surface area contributed by atoms with Crippen molar-refractivity contribution >= 4 is 23.3 Å². The van der Waals surface area contributed by atoms with Crippen LogP contribution < -0.4 is 4.90 Å². The maximum absolute atomic E-state index is 12.7. The third kappa shape index (κ3) is 3.41. The quantitative estimate of drug-likeness (QED) is 0.815. The highest BCUT2D eigenvalue weighted by molar-refractivity contribution is 6.31. The summed E-state index contributed by atoms with van der Waals surface area (Å²) in [6.45, 7) is 3.58. The number of amides is 1. The first-order chi connectivity index (χ1) is 13.2. The molecule has 0 bridgehead atoms. The number of hydrogen-bond acceptors (Lipinski definition) is 4. The molecule has 2 aromatic rings. The normalized spacial score (nSPS) is 24.3. The molecule has 6 heteroatoms. The number of carbonyl (C=O) groups is 1. The molecule has 3 fully saturated rings. The van der Waals surface area contributed by atoms with Gasteiger partial charge in [-0.05, 0) is 36.6 Å². The van der Waals surface area contributed by atoms with E-state index in [1.165, 1.54) is 12.8 Å². The van der Waals surface area contributed by atoms with Crippen molar-refractivity contribution in [2.24, 2.45) is 11.8 Å². The summed E-state index contributed by atoms with van der Waals surface area (Å²) in [6, 6.07) is 11.8. The maximum atomic E-state index is 12.7. The van der Waals surface area contributed by atoms with Gasteiger partial charge in [0.25, 0.3) is 0 Å². The minimum atomic E-state index is 0.178. The van der Waals surface area contributed by atoms with E-state index < -0.39 is 0 Å². The molecule has 0 radical (unpaired) electrons. The number of halogens is 1. The molecule has 1 aromatic carbocycles. The molecule has 1 amide bonds. The van der Waals surface area contributed by atoms with E-state index in [1.54, 1.807) is 0 Å². The number of carbonyl (C=O) groups excluding carboxylic acids is 1. The van der Waals surface area contributed by atoms with E-state index in [4.69, 9.17) is 11.6 Å². The van der Waals surface area contributed by atoms with Gasteiger partial charge in [0.05, 0.1) is 12.1 Å². The van der Waals surface area contributed by atoms with Gasteiger partial charge in [-0.1, -0.05) is 29.8 Å². The van der Waals surface area contributed by atoms with Crippen molar-refractivity contribution in [1.82, 2.24) is 15.1 Å². The summed E-state index contributed by atoms with van der Waals surface area (Å²) in [6.07, 6.45) is 2.89. The van der Waals surface area contributed by atoms with Crippen LogP contribution in [0.25, 0.3) is 0 Å². The Morgan fingerprint density at radius 1 is 1.00 bits per heavy atom. The van der Waals surface area contributed by atoms with E-state index in [1.807, 2.05) is 29.2 Å². The molecule has 3 aliphatic rings. The van der Waals surface area contributed by atoms with Crippen LogP contribution in [-0.4, -0.2) is 47.2 Å². The molecular formula is C21H23ClN4O. The first-order valence-electron chi connectivity index (χ1n) is 9.77. The molecule has 5 nitrogen and oxygen atoms in total. The largest absolute Gasteiger partial charge is 0.354 e. The molecule has 2 atom stereocenters. The van der Waals surface area contributed by atoms with Crippen molar-refractivity contribution in [2.45, 2.75) is 25.2 Å². The molecule has 1 aliphatic carbocycles. The summed E-state index contributed by atoms with van der Waals surface area (Å²) in [4.78, 5) is 17.0. The number of nitrogens with zero attached hydrogens (tertiary/aromatic N) is 4. The topological polar surface area (TPSA) is 49.3 Å². The summed E-state index contributed by atoms with van der Waals surface area (Å²) < 4.78 is 0. The van der Waals surface area contributed by atoms with Crippen LogP contribution in [0.15, 0.2) is 36.4 Å². The van der Waals surface area contributed by atoms with Crippen LogP contribution in [0.3, 0.4) is 0 Å². The van der Waals surface area contributed by atoms with Gasteiger partial charge in [-0.3, -0.25) is 4.79 Å². The van der Waals surface area contributed by atoms with Gasteiger partial charge in [0, 0.05) is 49.0 Å². The lowest BCUT2D eigenvalue weighted by atomic mass is 10.0. The van der Waals surface area contributed by atoms with E-state index in [0.29, 0.717) is 29.2 Å². The Balaban J connectivity index is 1.19. The van der Waals surface area contributed by atoms with Gasteiger partial charge < -0.3 is 9.80 Å². The van der Waals surface area contributed by atoms with Crippen LogP contribution in [-0.2, 0) is 11.2 Å². The summed E-state index contributed by atoms with van der Waals surface area (Å²) in [7, 11) is 0. The number of fused-ring (bicyclic) bond motifs is 1. The lowest BCUT2D eigenvalue weighted by molar-refractivity contribution is -0.129. The third-order valence-corrected chi connectivity index (χ3v) is 6.50. The van der Waals surface area contributed by atoms with Crippen LogP contribution in [0.2, 0.25) is 5.02 Å². The highest BCUT2D eigenvalue weighted by Crippen LogP contribution is 2.39. The van der Waals surface area contributed by atoms with Crippen molar-refractivity contribution < 1.29 is 4.79 Å². The number of rotatable bonds is 4. The van der Waals surface area contributed by atoms with Crippen molar-refractivity contribution in [3.05, 3.63) is 52.7 Å². The fourth-order valence-corrected chi connectivity index (χ4v) is 4.60. The van der Waals surface area contributed by atoms with Gasteiger partial charge in [-0.2, -0.15) is 5.10 Å². The zero-order valence-electron chi connectivity index (χ0n) is 15.2. The maximum Gasteiger partial charge on any atom is 0.227 e. The number of aromatic nitrogens is 2. The third-order valence-electron chi connectivity index (χ3n) is 6.13. The molecule has 5 rings (SSSR count). The van der Waals surface area contributed by atoms with Gasteiger partial charge in [-0.15, -0.1) is 5.10 Å². The molecule has 140 valence electrons. The zero-order chi connectivity index (χ0) is 18.4. The average Bonchev–Trinajstić information content (AvgIpc) is 3.33. The molecule has 3 heterocycles. The predicted molar refractivity (Wildman–Crippen MR) is 105 cm³/mol. The second-order valence-corrected chi connectivity index (χ2v) is 8.49. The molecule has 1 aromatic heterocycles. The molecular weight excluding hydrogens is 360 g/mol. The van der Waals surface area contributed by atoms with E-state index in [9.17, 15) is 4.79 Å². The minimum Gasteiger partial charge on any atom is -0.354 e. The number of benzene rings is 1. The zero-order valence-corrected chi connectivity index (χ0v) is 16.0. The highest BCUT2D eigenvalue weighted by atomic mass is 35.5. The Hall–Kier alpha value is -2.14. The van der Waals surface area contributed by atoms with Crippen molar-refractivity contribution in [1.29, 1.82) is 0 Å². The van der Waals surface area contributed by atoms with E-state index in [0.717, 1.165) is 43.3 Å². The highest BCUT2D eigenvalue weighted by Gasteiger charge is 2.42. The fourth-order valence-electron chi connectivity index (χ4n) is 4.40. The van der Waals surface area contributed by atoms with Crippen LogP contribution in [0, 0.1) is 11.8 Å². The molecule has 2 saturated heterocycles. The molecule has 27 heavy (non-hydrogen) atoms. The lowest BCUT2D eigenvalue weighted by Crippen LogP contribution is -2.34. The Bertz CT molecular complexity index is 838. The molecule has 0 spiro atoms. The van der Waals surface area contributed by atoms with Crippen molar-refractivity contribution in [3.63, 3.8) is 0 Å². The Kier molecular flexibility index (Phi) is 4.27. The Morgan fingerprint density at radius 2 is 1.74 bits per heavy atom. The standard InChI is InChI=1S/C21H23ClN4O/c22-18-4-2-1-3-15(18)9-21(27)26-12-16-10-25(11-17(16)13-26)20-8-7-19(23-24-20)14-5-6-14/h1-4,7-8,14,16-17H,5-6,9-13H2. The van der Waals surface area contributed by atoms with Crippen LogP contribution >= 0.6 is 11.6 Å². The van der Waals surface area contributed by atoms with Crippen LogP contribution in [0.5, 0.6) is 0 Å². The van der Waals surface area contributed by atoms with E-state index >= 15 is 0 Å². The van der Waals surface area contributed by atoms with Crippen LogP contribution in [0.1, 0.15) is 30.0 Å².